The normalized spacial score (nSPS) is 24.2. The van der Waals surface area contributed by atoms with E-state index >= 15 is 0 Å². The fourth-order valence-electron chi connectivity index (χ4n) is 1.75. The van der Waals surface area contributed by atoms with Crippen molar-refractivity contribution in [3.8, 4) is 0 Å². The lowest BCUT2D eigenvalue weighted by molar-refractivity contribution is -0.130. The minimum atomic E-state index is 0.226. The summed E-state index contributed by atoms with van der Waals surface area (Å²) in [6.45, 7) is 4.12. The number of halogens is 1. The van der Waals surface area contributed by atoms with Gasteiger partial charge in [0.2, 0.25) is 5.91 Å². The molecule has 0 spiro atoms. The lowest BCUT2D eigenvalue weighted by Gasteiger charge is -2.19. The van der Waals surface area contributed by atoms with E-state index < -0.39 is 0 Å². The van der Waals surface area contributed by atoms with Gasteiger partial charge < -0.3 is 4.90 Å². The Morgan fingerprint density at radius 2 is 2.23 bits per heavy atom. The topological polar surface area (TPSA) is 20.3 Å². The summed E-state index contributed by atoms with van der Waals surface area (Å²) < 4.78 is 0. The maximum Gasteiger partial charge on any atom is 0.223 e. The van der Waals surface area contributed by atoms with E-state index in [-0.39, 0.29) is 5.91 Å². The lowest BCUT2D eigenvalue weighted by atomic mass is 10.0. The van der Waals surface area contributed by atoms with E-state index in [0.29, 0.717) is 12.3 Å². The van der Waals surface area contributed by atoms with Gasteiger partial charge in [-0.3, -0.25) is 4.79 Å². The van der Waals surface area contributed by atoms with Crippen LogP contribution in [0, 0.1) is 5.92 Å². The average Bonchev–Trinajstić information content (AvgIpc) is 2.30. The Labute approximate surface area is 85.2 Å². The molecule has 13 heavy (non-hydrogen) atoms. The molecule has 1 atom stereocenters. The Bertz CT molecular complexity index is 172. The third-order valence-corrected chi connectivity index (χ3v) is 2.87. The van der Waals surface area contributed by atoms with Crippen LogP contribution in [0.2, 0.25) is 0 Å². The maximum absolute atomic E-state index is 11.5. The van der Waals surface area contributed by atoms with E-state index in [2.05, 4.69) is 6.92 Å². The molecule has 0 aromatic carbocycles. The third-order valence-electron chi connectivity index (χ3n) is 2.68. The second-order valence-corrected chi connectivity index (χ2v) is 4.23. The Balaban J connectivity index is 2.37. The van der Waals surface area contributed by atoms with Crippen molar-refractivity contribution in [3.05, 3.63) is 0 Å². The van der Waals surface area contributed by atoms with Crippen molar-refractivity contribution in [1.29, 1.82) is 0 Å². The van der Waals surface area contributed by atoms with Crippen LogP contribution < -0.4 is 0 Å². The molecule has 1 amide bonds. The Morgan fingerprint density at radius 3 is 2.92 bits per heavy atom. The Morgan fingerprint density at radius 1 is 1.46 bits per heavy atom. The molecule has 1 unspecified atom stereocenters. The Hall–Kier alpha value is -0.240. The van der Waals surface area contributed by atoms with Crippen LogP contribution in [0.25, 0.3) is 0 Å². The number of rotatable bonds is 2. The van der Waals surface area contributed by atoms with E-state index in [9.17, 15) is 4.79 Å². The van der Waals surface area contributed by atoms with Gasteiger partial charge in [0, 0.05) is 25.4 Å². The van der Waals surface area contributed by atoms with Gasteiger partial charge in [0.25, 0.3) is 0 Å². The zero-order valence-corrected chi connectivity index (χ0v) is 9.02. The van der Waals surface area contributed by atoms with Crippen LogP contribution in [0.3, 0.4) is 0 Å². The molecule has 1 saturated heterocycles. The van der Waals surface area contributed by atoms with Crippen LogP contribution in [0.15, 0.2) is 0 Å². The van der Waals surface area contributed by atoms with Gasteiger partial charge in [-0.15, -0.1) is 11.6 Å². The second-order valence-electron chi connectivity index (χ2n) is 3.86. The van der Waals surface area contributed by atoms with E-state index in [1.807, 2.05) is 4.90 Å². The highest BCUT2D eigenvalue weighted by Crippen LogP contribution is 2.16. The highest BCUT2D eigenvalue weighted by Gasteiger charge is 2.17. The molecule has 0 radical (unpaired) electrons. The number of nitrogens with zero attached hydrogens (tertiary/aromatic N) is 1. The summed E-state index contributed by atoms with van der Waals surface area (Å²) in [5.41, 5.74) is 0. The van der Waals surface area contributed by atoms with Gasteiger partial charge >= 0.3 is 0 Å². The molecular weight excluding hydrogens is 186 g/mol. The molecule has 2 nitrogen and oxygen atoms in total. The number of hydrogen-bond acceptors (Lipinski definition) is 1. The van der Waals surface area contributed by atoms with Crippen LogP contribution >= 0.6 is 11.6 Å². The predicted octanol–water partition coefficient (Wildman–Crippen LogP) is 2.26. The van der Waals surface area contributed by atoms with E-state index in [4.69, 9.17) is 11.6 Å². The number of alkyl halides is 1. The molecule has 76 valence electrons. The zero-order chi connectivity index (χ0) is 9.68. The third kappa shape index (κ3) is 3.55. The summed E-state index contributed by atoms with van der Waals surface area (Å²) in [4.78, 5) is 13.5. The second kappa shape index (κ2) is 5.48. The molecule has 3 heteroatoms. The summed E-state index contributed by atoms with van der Waals surface area (Å²) in [6.07, 6.45) is 4.05. The molecule has 1 heterocycles. The van der Waals surface area contributed by atoms with Gasteiger partial charge in [-0.1, -0.05) is 6.92 Å². The van der Waals surface area contributed by atoms with Gasteiger partial charge in [0.05, 0.1) is 0 Å². The predicted molar refractivity (Wildman–Crippen MR) is 54.9 cm³/mol. The quantitative estimate of drug-likeness (QED) is 0.631. The minimum Gasteiger partial charge on any atom is -0.343 e. The van der Waals surface area contributed by atoms with Gasteiger partial charge in [0.15, 0.2) is 0 Å². The molecule has 1 fully saturated rings. The monoisotopic (exact) mass is 203 g/mol. The molecule has 1 aliphatic heterocycles. The summed E-state index contributed by atoms with van der Waals surface area (Å²) in [5, 5.41) is 0. The highest BCUT2D eigenvalue weighted by atomic mass is 35.5. The molecule has 0 saturated carbocycles. The van der Waals surface area contributed by atoms with E-state index in [1.54, 1.807) is 0 Å². The molecule has 1 aliphatic rings. The highest BCUT2D eigenvalue weighted by molar-refractivity contribution is 6.18. The minimum absolute atomic E-state index is 0.226. The van der Waals surface area contributed by atoms with Crippen LogP contribution in [0.5, 0.6) is 0 Å². The molecule has 0 aliphatic carbocycles. The van der Waals surface area contributed by atoms with Crippen molar-refractivity contribution in [2.45, 2.75) is 32.6 Å². The van der Waals surface area contributed by atoms with Crippen LogP contribution in [0.4, 0.5) is 0 Å². The van der Waals surface area contributed by atoms with Crippen molar-refractivity contribution in [2.75, 3.05) is 19.0 Å². The van der Waals surface area contributed by atoms with Crippen molar-refractivity contribution >= 4 is 17.5 Å². The van der Waals surface area contributed by atoms with E-state index in [0.717, 1.165) is 31.8 Å². The lowest BCUT2D eigenvalue weighted by Crippen LogP contribution is -2.32. The molecular formula is C10H18ClNO. The molecule has 0 N–H and O–H groups in total. The standard InChI is InChI=1S/C10H18ClNO/c1-9-3-2-7-12(8-5-9)10(13)4-6-11/h9H,2-8H2,1H3. The largest absolute Gasteiger partial charge is 0.343 e. The summed E-state index contributed by atoms with van der Waals surface area (Å²) >= 11 is 5.54. The van der Waals surface area contributed by atoms with Gasteiger partial charge in [0.1, 0.15) is 0 Å². The number of hydrogen-bond donors (Lipinski definition) is 0. The smallest absolute Gasteiger partial charge is 0.223 e. The average molecular weight is 204 g/mol. The molecule has 1 rings (SSSR count). The number of carbonyl (C=O) groups is 1. The van der Waals surface area contributed by atoms with Crippen LogP contribution in [-0.4, -0.2) is 29.8 Å². The number of carbonyl (C=O) groups excluding carboxylic acids is 1. The first-order chi connectivity index (χ1) is 6.24. The first-order valence-electron chi connectivity index (χ1n) is 5.07. The fraction of sp³-hybridized carbons (Fsp3) is 0.900. The van der Waals surface area contributed by atoms with Crippen LogP contribution in [0.1, 0.15) is 32.6 Å². The zero-order valence-electron chi connectivity index (χ0n) is 8.26. The molecule has 0 bridgehead atoms. The maximum atomic E-state index is 11.5. The van der Waals surface area contributed by atoms with E-state index in [1.165, 1.54) is 6.42 Å². The summed E-state index contributed by atoms with van der Waals surface area (Å²) in [5.74, 6) is 1.45. The van der Waals surface area contributed by atoms with Gasteiger partial charge in [-0.2, -0.15) is 0 Å². The molecule has 0 aromatic heterocycles. The SMILES string of the molecule is CC1CCCN(C(=O)CCCl)CC1. The number of likely N-dealkylation sites (tertiary alicyclic amines) is 1. The summed E-state index contributed by atoms with van der Waals surface area (Å²) in [6, 6.07) is 0. The van der Waals surface area contributed by atoms with Crippen molar-refractivity contribution in [2.24, 2.45) is 5.92 Å². The van der Waals surface area contributed by atoms with Crippen molar-refractivity contribution in [3.63, 3.8) is 0 Å². The first-order valence-corrected chi connectivity index (χ1v) is 5.61. The van der Waals surface area contributed by atoms with Crippen LogP contribution in [-0.2, 0) is 4.79 Å². The van der Waals surface area contributed by atoms with Gasteiger partial charge in [-0.05, 0) is 25.2 Å². The van der Waals surface area contributed by atoms with Gasteiger partial charge in [-0.25, -0.2) is 0 Å². The summed E-state index contributed by atoms with van der Waals surface area (Å²) in [7, 11) is 0. The van der Waals surface area contributed by atoms with Crippen molar-refractivity contribution < 1.29 is 4.79 Å². The fourth-order valence-corrected chi connectivity index (χ4v) is 1.91. The number of amides is 1. The Kier molecular flexibility index (Phi) is 4.57. The molecule has 0 aromatic rings. The van der Waals surface area contributed by atoms with Crippen molar-refractivity contribution in [1.82, 2.24) is 4.90 Å². The first kappa shape index (κ1) is 10.8.